The molecule has 0 bridgehead atoms. The van der Waals surface area contributed by atoms with Gasteiger partial charge in [0.1, 0.15) is 19.0 Å². The molecule has 0 aliphatic carbocycles. The van der Waals surface area contributed by atoms with Crippen LogP contribution in [0.15, 0.2) is 58.2 Å². The number of halogens is 1. The van der Waals surface area contributed by atoms with E-state index < -0.39 is 6.04 Å². The molecule has 4 rings (SSSR count). The number of nitrogens with zero attached hydrogens (tertiary/aromatic N) is 4. The number of aromatic nitrogens is 2. The summed E-state index contributed by atoms with van der Waals surface area (Å²) in [5, 5.41) is 7.81. The van der Waals surface area contributed by atoms with Gasteiger partial charge in [-0.3, -0.25) is 4.79 Å². The molecule has 29 heavy (non-hydrogen) atoms. The number of aryl methyl sites for hydroxylation is 1. The van der Waals surface area contributed by atoms with E-state index in [0.717, 1.165) is 0 Å². The second-order valence-corrected chi connectivity index (χ2v) is 6.73. The summed E-state index contributed by atoms with van der Waals surface area (Å²) >= 11 is 0. The third-order valence-corrected chi connectivity index (χ3v) is 4.78. The van der Waals surface area contributed by atoms with Crippen molar-refractivity contribution in [2.24, 2.45) is 5.16 Å². The lowest BCUT2D eigenvalue weighted by atomic mass is 10.0. The number of likely N-dealkylation sites (tertiary alicyclic amines) is 1. The average molecular weight is 394 g/mol. The molecule has 3 aromatic rings. The quantitative estimate of drug-likeness (QED) is 0.629. The molecule has 1 unspecified atom stereocenters. The maximum absolute atomic E-state index is 14.0. The van der Waals surface area contributed by atoms with Crippen LogP contribution in [-0.4, -0.2) is 40.3 Å². The lowest BCUT2D eigenvalue weighted by Crippen LogP contribution is -2.31. The lowest BCUT2D eigenvalue weighted by molar-refractivity contribution is 0.0713. The fourth-order valence-corrected chi connectivity index (χ4v) is 3.44. The Morgan fingerprint density at radius 1 is 1.24 bits per heavy atom. The summed E-state index contributed by atoms with van der Waals surface area (Å²) in [7, 11) is 1.46. The fourth-order valence-electron chi connectivity index (χ4n) is 3.44. The minimum Gasteiger partial charge on any atom is -0.399 e. The van der Waals surface area contributed by atoms with Gasteiger partial charge in [-0.05, 0) is 30.7 Å². The molecule has 1 amide bonds. The SMILES string of the molecule is CON=C1CC(c2nc(C)no2)N(C(=O)c2ccc(-c3ccccc3F)cc2)C1. The average Bonchev–Trinajstić information content (AvgIpc) is 3.34. The maximum atomic E-state index is 14.0. The predicted octanol–water partition coefficient (Wildman–Crippen LogP) is 3.77. The van der Waals surface area contributed by atoms with E-state index in [1.54, 1.807) is 54.3 Å². The number of amides is 1. The Balaban J connectivity index is 1.61. The highest BCUT2D eigenvalue weighted by Gasteiger charge is 2.38. The standard InChI is InChI=1S/C21H19FN4O3/c1-13-23-20(29-24-13)19-11-16(25-28-2)12-26(19)21(27)15-9-7-14(8-10-15)17-5-3-4-6-18(17)22/h3-10,19H,11-12H2,1-2H3. The second kappa shape index (κ2) is 7.83. The summed E-state index contributed by atoms with van der Waals surface area (Å²) in [6.45, 7) is 2.02. The molecule has 0 spiro atoms. The first-order valence-electron chi connectivity index (χ1n) is 9.12. The van der Waals surface area contributed by atoms with Gasteiger partial charge in [-0.25, -0.2) is 4.39 Å². The first kappa shape index (κ1) is 18.8. The van der Waals surface area contributed by atoms with Crippen molar-refractivity contribution in [2.75, 3.05) is 13.7 Å². The highest BCUT2D eigenvalue weighted by atomic mass is 19.1. The molecule has 0 N–H and O–H groups in total. The molecule has 1 fully saturated rings. The Hall–Kier alpha value is -3.55. The highest BCUT2D eigenvalue weighted by molar-refractivity contribution is 6.00. The Morgan fingerprint density at radius 2 is 2.00 bits per heavy atom. The van der Waals surface area contributed by atoms with Crippen molar-refractivity contribution in [3.8, 4) is 11.1 Å². The van der Waals surface area contributed by atoms with E-state index in [1.807, 2.05) is 0 Å². The molecule has 1 saturated heterocycles. The summed E-state index contributed by atoms with van der Waals surface area (Å²) < 4.78 is 19.3. The van der Waals surface area contributed by atoms with E-state index in [-0.39, 0.29) is 11.7 Å². The van der Waals surface area contributed by atoms with Gasteiger partial charge in [-0.2, -0.15) is 4.98 Å². The van der Waals surface area contributed by atoms with E-state index in [0.29, 0.717) is 47.1 Å². The molecule has 1 aliphatic rings. The fraction of sp³-hybridized carbons (Fsp3) is 0.238. The van der Waals surface area contributed by atoms with Crippen LogP contribution in [0.5, 0.6) is 0 Å². The molecule has 1 atom stereocenters. The van der Waals surface area contributed by atoms with Gasteiger partial charge in [-0.15, -0.1) is 0 Å². The van der Waals surface area contributed by atoms with Gasteiger partial charge in [0.15, 0.2) is 5.82 Å². The molecule has 1 aliphatic heterocycles. The minimum atomic E-state index is -0.413. The normalized spacial score (nSPS) is 17.7. The number of oxime groups is 1. The van der Waals surface area contributed by atoms with Gasteiger partial charge in [0.05, 0.1) is 12.3 Å². The van der Waals surface area contributed by atoms with Crippen molar-refractivity contribution in [3.63, 3.8) is 0 Å². The van der Waals surface area contributed by atoms with Gasteiger partial charge in [0.25, 0.3) is 5.91 Å². The van der Waals surface area contributed by atoms with E-state index in [9.17, 15) is 9.18 Å². The highest BCUT2D eigenvalue weighted by Crippen LogP contribution is 2.32. The Bertz CT molecular complexity index is 1060. The molecule has 2 heterocycles. The zero-order chi connectivity index (χ0) is 20.4. The maximum Gasteiger partial charge on any atom is 0.254 e. The van der Waals surface area contributed by atoms with Gasteiger partial charge in [0, 0.05) is 17.5 Å². The summed E-state index contributed by atoms with van der Waals surface area (Å²) in [6.07, 6.45) is 0.453. The summed E-state index contributed by atoms with van der Waals surface area (Å²) in [5.74, 6) is 0.351. The van der Waals surface area contributed by atoms with Crippen molar-refractivity contribution < 1.29 is 18.5 Å². The van der Waals surface area contributed by atoms with E-state index in [2.05, 4.69) is 15.3 Å². The summed E-state index contributed by atoms with van der Waals surface area (Å²) in [5.41, 5.74) is 2.38. The predicted molar refractivity (Wildman–Crippen MR) is 104 cm³/mol. The van der Waals surface area contributed by atoms with Crippen LogP contribution in [0.3, 0.4) is 0 Å². The number of hydrogen-bond acceptors (Lipinski definition) is 6. The minimum absolute atomic E-state index is 0.202. The first-order chi connectivity index (χ1) is 14.1. The van der Waals surface area contributed by atoms with Crippen molar-refractivity contribution in [3.05, 3.63) is 71.6 Å². The number of hydrogen-bond donors (Lipinski definition) is 0. The number of carbonyl (C=O) groups excluding carboxylic acids is 1. The Kier molecular flexibility index (Phi) is 5.07. The number of carbonyl (C=O) groups is 1. The van der Waals surface area contributed by atoms with Crippen molar-refractivity contribution in [1.82, 2.24) is 15.0 Å². The smallest absolute Gasteiger partial charge is 0.254 e. The molecule has 148 valence electrons. The monoisotopic (exact) mass is 394 g/mol. The summed E-state index contributed by atoms with van der Waals surface area (Å²) in [4.78, 5) is 23.9. The third kappa shape index (κ3) is 3.73. The Morgan fingerprint density at radius 3 is 2.66 bits per heavy atom. The van der Waals surface area contributed by atoms with Crippen LogP contribution in [0.4, 0.5) is 4.39 Å². The van der Waals surface area contributed by atoms with Crippen LogP contribution in [0, 0.1) is 12.7 Å². The summed E-state index contributed by atoms with van der Waals surface area (Å²) in [6, 6.07) is 13.0. The molecule has 1 aromatic heterocycles. The lowest BCUT2D eigenvalue weighted by Gasteiger charge is -2.21. The molecule has 0 saturated carbocycles. The Labute approximate surface area is 166 Å². The van der Waals surface area contributed by atoms with Crippen LogP contribution in [0.1, 0.15) is 34.5 Å². The molecular formula is C21H19FN4O3. The van der Waals surface area contributed by atoms with E-state index in [4.69, 9.17) is 9.36 Å². The second-order valence-electron chi connectivity index (χ2n) is 6.73. The van der Waals surface area contributed by atoms with E-state index >= 15 is 0 Å². The van der Waals surface area contributed by atoms with Crippen molar-refractivity contribution in [1.29, 1.82) is 0 Å². The van der Waals surface area contributed by atoms with Gasteiger partial charge >= 0.3 is 0 Å². The molecule has 2 aromatic carbocycles. The zero-order valence-corrected chi connectivity index (χ0v) is 16.0. The van der Waals surface area contributed by atoms with Crippen molar-refractivity contribution >= 4 is 11.6 Å². The topological polar surface area (TPSA) is 80.8 Å². The van der Waals surface area contributed by atoms with Crippen LogP contribution < -0.4 is 0 Å². The molecule has 8 heteroatoms. The third-order valence-electron chi connectivity index (χ3n) is 4.78. The molecule has 0 radical (unpaired) electrons. The molecular weight excluding hydrogens is 375 g/mol. The zero-order valence-electron chi connectivity index (χ0n) is 16.0. The van der Waals surface area contributed by atoms with Crippen LogP contribution in [-0.2, 0) is 4.84 Å². The number of rotatable bonds is 4. The number of benzene rings is 2. The van der Waals surface area contributed by atoms with Gasteiger partial charge in [-0.1, -0.05) is 40.6 Å². The van der Waals surface area contributed by atoms with Crippen LogP contribution in [0.25, 0.3) is 11.1 Å². The van der Waals surface area contributed by atoms with Gasteiger partial charge < -0.3 is 14.3 Å². The van der Waals surface area contributed by atoms with Crippen LogP contribution >= 0.6 is 0 Å². The van der Waals surface area contributed by atoms with Crippen LogP contribution in [0.2, 0.25) is 0 Å². The van der Waals surface area contributed by atoms with E-state index in [1.165, 1.54) is 13.2 Å². The van der Waals surface area contributed by atoms with Crippen molar-refractivity contribution in [2.45, 2.75) is 19.4 Å². The molecule has 7 nitrogen and oxygen atoms in total. The first-order valence-corrected chi connectivity index (χ1v) is 9.12. The van der Waals surface area contributed by atoms with Gasteiger partial charge in [0.2, 0.25) is 5.89 Å². The largest absolute Gasteiger partial charge is 0.399 e.